The van der Waals surface area contributed by atoms with E-state index in [0.717, 1.165) is 0 Å². The van der Waals surface area contributed by atoms with Crippen molar-refractivity contribution in [2.24, 2.45) is 0 Å². The summed E-state index contributed by atoms with van der Waals surface area (Å²) in [5.41, 5.74) is 0. The van der Waals surface area contributed by atoms with Gasteiger partial charge in [-0.25, -0.2) is 8.42 Å². The van der Waals surface area contributed by atoms with Crippen LogP contribution < -0.4 is 10.6 Å². The third kappa shape index (κ3) is 4.33. The zero-order valence-electron chi connectivity index (χ0n) is 13.9. The van der Waals surface area contributed by atoms with Crippen molar-refractivity contribution in [2.75, 3.05) is 13.1 Å². The lowest BCUT2D eigenvalue weighted by atomic mass is 10.2. The van der Waals surface area contributed by atoms with Crippen LogP contribution in [0.2, 0.25) is 0 Å². The van der Waals surface area contributed by atoms with Gasteiger partial charge in [-0.2, -0.15) is 4.31 Å². The molecule has 1 heterocycles. The summed E-state index contributed by atoms with van der Waals surface area (Å²) in [6.45, 7) is 3.79. The SMILES string of the molecule is CC(C)NC(=O)CNC(=O)C1CCCN1S(=O)(=O)c1ccccc1. The number of carbonyl (C=O) groups excluding carboxylic acids is 2. The molecule has 2 rings (SSSR count). The van der Waals surface area contributed by atoms with Crippen molar-refractivity contribution in [2.45, 2.75) is 43.7 Å². The van der Waals surface area contributed by atoms with E-state index in [1.165, 1.54) is 16.4 Å². The first-order valence-electron chi connectivity index (χ1n) is 7.96. The molecule has 8 heteroatoms. The molecule has 0 spiro atoms. The van der Waals surface area contributed by atoms with Crippen LogP contribution in [0, 0.1) is 0 Å². The second kappa shape index (κ2) is 7.76. The minimum Gasteiger partial charge on any atom is -0.352 e. The number of nitrogens with zero attached hydrogens (tertiary/aromatic N) is 1. The van der Waals surface area contributed by atoms with Crippen molar-refractivity contribution in [1.29, 1.82) is 0 Å². The number of hydrogen-bond acceptors (Lipinski definition) is 4. The van der Waals surface area contributed by atoms with Crippen molar-refractivity contribution in [3.8, 4) is 0 Å². The van der Waals surface area contributed by atoms with Gasteiger partial charge in [-0.05, 0) is 38.8 Å². The standard InChI is InChI=1S/C16H23N3O4S/c1-12(2)18-15(20)11-17-16(21)14-9-6-10-19(14)24(22,23)13-7-4-3-5-8-13/h3-5,7-8,12,14H,6,9-11H2,1-2H3,(H,17,21)(H,18,20). The van der Waals surface area contributed by atoms with Crippen LogP contribution in [0.15, 0.2) is 35.2 Å². The normalized spacial score (nSPS) is 18.5. The van der Waals surface area contributed by atoms with Crippen LogP contribution in [-0.2, 0) is 19.6 Å². The minimum absolute atomic E-state index is 0.0177. The fraction of sp³-hybridized carbons (Fsp3) is 0.500. The summed E-state index contributed by atoms with van der Waals surface area (Å²) in [5.74, 6) is -0.736. The lowest BCUT2D eigenvalue weighted by Crippen LogP contribution is -2.48. The summed E-state index contributed by atoms with van der Waals surface area (Å²) >= 11 is 0. The maximum absolute atomic E-state index is 12.7. The van der Waals surface area contributed by atoms with Gasteiger partial charge in [0.05, 0.1) is 11.4 Å². The molecule has 2 N–H and O–H groups in total. The topological polar surface area (TPSA) is 95.6 Å². The molecule has 24 heavy (non-hydrogen) atoms. The van der Waals surface area contributed by atoms with Gasteiger partial charge in [-0.3, -0.25) is 9.59 Å². The van der Waals surface area contributed by atoms with Crippen molar-refractivity contribution in [1.82, 2.24) is 14.9 Å². The van der Waals surface area contributed by atoms with Gasteiger partial charge in [0.25, 0.3) is 0 Å². The maximum Gasteiger partial charge on any atom is 0.243 e. The van der Waals surface area contributed by atoms with Gasteiger partial charge >= 0.3 is 0 Å². The van der Waals surface area contributed by atoms with Crippen LogP contribution in [0.1, 0.15) is 26.7 Å². The molecule has 132 valence electrons. The highest BCUT2D eigenvalue weighted by atomic mass is 32.2. The van der Waals surface area contributed by atoms with Crippen LogP contribution in [0.25, 0.3) is 0 Å². The van der Waals surface area contributed by atoms with E-state index >= 15 is 0 Å². The van der Waals surface area contributed by atoms with E-state index in [-0.39, 0.29) is 23.4 Å². The molecular weight excluding hydrogens is 330 g/mol. The van der Waals surface area contributed by atoms with Crippen LogP contribution in [0.4, 0.5) is 0 Å². The van der Waals surface area contributed by atoms with Crippen molar-refractivity contribution >= 4 is 21.8 Å². The minimum atomic E-state index is -3.72. The Balaban J connectivity index is 2.05. The molecule has 0 bridgehead atoms. The second-order valence-electron chi connectivity index (χ2n) is 6.03. The van der Waals surface area contributed by atoms with Gasteiger partial charge in [0.15, 0.2) is 0 Å². The second-order valence-corrected chi connectivity index (χ2v) is 7.92. The molecule has 1 aliphatic heterocycles. The fourth-order valence-corrected chi connectivity index (χ4v) is 4.35. The number of sulfonamides is 1. The van der Waals surface area contributed by atoms with E-state index < -0.39 is 22.0 Å². The summed E-state index contributed by atoms with van der Waals surface area (Å²) < 4.78 is 26.6. The first-order valence-corrected chi connectivity index (χ1v) is 9.40. The molecule has 1 aromatic carbocycles. The predicted molar refractivity (Wildman–Crippen MR) is 89.6 cm³/mol. The first-order chi connectivity index (χ1) is 11.3. The Bertz CT molecular complexity index is 689. The van der Waals surface area contributed by atoms with Gasteiger partial charge in [0, 0.05) is 12.6 Å². The van der Waals surface area contributed by atoms with Crippen LogP contribution in [-0.4, -0.2) is 49.7 Å². The van der Waals surface area contributed by atoms with E-state index in [2.05, 4.69) is 10.6 Å². The van der Waals surface area contributed by atoms with Crippen molar-refractivity contribution in [3.05, 3.63) is 30.3 Å². The Labute approximate surface area is 142 Å². The number of rotatable bonds is 6. The number of carbonyl (C=O) groups is 2. The van der Waals surface area contributed by atoms with E-state index in [9.17, 15) is 18.0 Å². The Hall–Kier alpha value is -1.93. The first kappa shape index (κ1) is 18.4. The molecule has 1 atom stereocenters. The zero-order chi connectivity index (χ0) is 17.7. The lowest BCUT2D eigenvalue weighted by Gasteiger charge is -2.23. The Morgan fingerprint density at radius 2 is 1.92 bits per heavy atom. The smallest absolute Gasteiger partial charge is 0.243 e. The van der Waals surface area contributed by atoms with Crippen molar-refractivity contribution < 1.29 is 18.0 Å². The third-order valence-corrected chi connectivity index (χ3v) is 5.65. The zero-order valence-corrected chi connectivity index (χ0v) is 14.7. The molecule has 0 saturated carbocycles. The molecule has 1 fully saturated rings. The third-order valence-electron chi connectivity index (χ3n) is 3.73. The monoisotopic (exact) mass is 353 g/mol. The molecule has 1 aliphatic rings. The van der Waals surface area contributed by atoms with E-state index in [1.54, 1.807) is 18.2 Å². The summed E-state index contributed by atoms with van der Waals surface area (Å²) in [5, 5.41) is 5.20. The number of benzene rings is 1. The molecule has 0 aliphatic carbocycles. The molecule has 1 unspecified atom stereocenters. The fourth-order valence-electron chi connectivity index (χ4n) is 2.68. The Morgan fingerprint density at radius 3 is 2.54 bits per heavy atom. The van der Waals surface area contributed by atoms with Crippen LogP contribution in [0.5, 0.6) is 0 Å². The summed E-state index contributed by atoms with van der Waals surface area (Å²) in [6.07, 6.45) is 1.06. The Morgan fingerprint density at radius 1 is 1.25 bits per heavy atom. The lowest BCUT2D eigenvalue weighted by molar-refractivity contribution is -0.128. The van der Waals surface area contributed by atoms with E-state index in [0.29, 0.717) is 19.4 Å². The van der Waals surface area contributed by atoms with Gasteiger partial charge < -0.3 is 10.6 Å². The largest absolute Gasteiger partial charge is 0.352 e. The molecular formula is C16H23N3O4S. The number of nitrogens with one attached hydrogen (secondary N) is 2. The quantitative estimate of drug-likeness (QED) is 0.778. The molecule has 1 saturated heterocycles. The number of hydrogen-bond donors (Lipinski definition) is 2. The van der Waals surface area contributed by atoms with Gasteiger partial charge in [-0.15, -0.1) is 0 Å². The molecule has 1 aromatic rings. The van der Waals surface area contributed by atoms with Gasteiger partial charge in [0.2, 0.25) is 21.8 Å². The van der Waals surface area contributed by atoms with Crippen LogP contribution >= 0.6 is 0 Å². The van der Waals surface area contributed by atoms with E-state index in [4.69, 9.17) is 0 Å². The highest BCUT2D eigenvalue weighted by Crippen LogP contribution is 2.25. The molecule has 0 aromatic heterocycles. The highest BCUT2D eigenvalue weighted by Gasteiger charge is 2.39. The van der Waals surface area contributed by atoms with E-state index in [1.807, 2.05) is 13.8 Å². The Kier molecular flexibility index (Phi) is 5.95. The average Bonchev–Trinajstić information content (AvgIpc) is 3.03. The van der Waals surface area contributed by atoms with Gasteiger partial charge in [-0.1, -0.05) is 18.2 Å². The predicted octanol–water partition coefficient (Wildman–Crippen LogP) is 0.481. The summed E-state index contributed by atoms with van der Waals surface area (Å²) in [7, 11) is -3.72. The van der Waals surface area contributed by atoms with Gasteiger partial charge in [0.1, 0.15) is 6.04 Å². The average molecular weight is 353 g/mol. The van der Waals surface area contributed by atoms with Crippen LogP contribution in [0.3, 0.4) is 0 Å². The number of amides is 2. The summed E-state index contributed by atoms with van der Waals surface area (Å²) in [6, 6.07) is 7.26. The molecule has 0 radical (unpaired) electrons. The molecule has 2 amide bonds. The van der Waals surface area contributed by atoms with Crippen molar-refractivity contribution in [3.63, 3.8) is 0 Å². The maximum atomic E-state index is 12.7. The highest BCUT2D eigenvalue weighted by molar-refractivity contribution is 7.89. The summed E-state index contributed by atoms with van der Waals surface area (Å²) in [4.78, 5) is 24.1. The molecule has 7 nitrogen and oxygen atoms in total.